The van der Waals surface area contributed by atoms with E-state index in [4.69, 9.17) is 0 Å². The third kappa shape index (κ3) is 2.22. The summed E-state index contributed by atoms with van der Waals surface area (Å²) in [6, 6.07) is 12.2. The van der Waals surface area contributed by atoms with Crippen LogP contribution in [-0.2, 0) is 0 Å². The van der Waals surface area contributed by atoms with Crippen LogP contribution in [0.2, 0.25) is 0 Å². The lowest BCUT2D eigenvalue weighted by molar-refractivity contribution is 0.628. The zero-order valence-corrected chi connectivity index (χ0v) is 10.6. The Hall–Kier alpha value is -1.68. The first-order valence-electron chi connectivity index (χ1n) is 5.02. The fourth-order valence-corrected chi connectivity index (χ4v) is 1.69. The average Bonchev–Trinajstić information content (AvgIpc) is 2.73. The van der Waals surface area contributed by atoms with Gasteiger partial charge in [0, 0.05) is 18.0 Å². The maximum absolute atomic E-state index is 12.8. The molecule has 0 bridgehead atoms. The fraction of sp³-hybridized carbons (Fsp3) is 0. The van der Waals surface area contributed by atoms with Crippen LogP contribution in [0.3, 0.4) is 0 Å². The molecule has 0 saturated carbocycles. The SMILES string of the molecule is Br.Fc1ccc(-c2cn3ccccc3n2)cc1. The van der Waals surface area contributed by atoms with Crippen molar-refractivity contribution in [3.8, 4) is 11.3 Å². The van der Waals surface area contributed by atoms with E-state index in [0.29, 0.717) is 0 Å². The summed E-state index contributed by atoms with van der Waals surface area (Å²) in [4.78, 5) is 4.45. The van der Waals surface area contributed by atoms with Crippen molar-refractivity contribution >= 4 is 22.6 Å². The van der Waals surface area contributed by atoms with Crippen molar-refractivity contribution in [2.45, 2.75) is 0 Å². The second-order valence-electron chi connectivity index (χ2n) is 3.60. The summed E-state index contributed by atoms with van der Waals surface area (Å²) in [6.45, 7) is 0. The van der Waals surface area contributed by atoms with E-state index < -0.39 is 0 Å². The molecule has 2 heterocycles. The first-order valence-corrected chi connectivity index (χ1v) is 5.02. The molecule has 0 aliphatic rings. The molecule has 0 amide bonds. The molecule has 0 N–H and O–H groups in total. The van der Waals surface area contributed by atoms with Gasteiger partial charge in [-0.3, -0.25) is 0 Å². The van der Waals surface area contributed by atoms with Crippen LogP contribution < -0.4 is 0 Å². The van der Waals surface area contributed by atoms with E-state index in [1.54, 1.807) is 12.1 Å². The molecule has 0 radical (unpaired) electrons. The molecule has 86 valence electrons. The zero-order chi connectivity index (χ0) is 11.0. The smallest absolute Gasteiger partial charge is 0.137 e. The van der Waals surface area contributed by atoms with E-state index in [0.717, 1.165) is 16.9 Å². The summed E-state index contributed by atoms with van der Waals surface area (Å²) in [6.07, 6.45) is 3.87. The van der Waals surface area contributed by atoms with Gasteiger partial charge >= 0.3 is 0 Å². The molecule has 0 aliphatic heterocycles. The van der Waals surface area contributed by atoms with Crippen molar-refractivity contribution in [3.05, 3.63) is 60.7 Å². The van der Waals surface area contributed by atoms with Crippen molar-refractivity contribution in [2.75, 3.05) is 0 Å². The molecule has 0 atom stereocenters. The Labute approximate surface area is 109 Å². The van der Waals surface area contributed by atoms with Gasteiger partial charge in [0.2, 0.25) is 0 Å². The molecule has 3 aromatic rings. The number of nitrogens with zero attached hydrogens (tertiary/aromatic N) is 2. The minimum Gasteiger partial charge on any atom is -0.306 e. The monoisotopic (exact) mass is 292 g/mol. The van der Waals surface area contributed by atoms with Crippen molar-refractivity contribution < 1.29 is 4.39 Å². The van der Waals surface area contributed by atoms with Gasteiger partial charge in [0.05, 0.1) is 5.69 Å². The molecular formula is C13H10BrFN2. The first kappa shape index (κ1) is 11.8. The molecule has 1 aromatic carbocycles. The topological polar surface area (TPSA) is 17.3 Å². The second-order valence-corrected chi connectivity index (χ2v) is 3.60. The van der Waals surface area contributed by atoms with Crippen molar-refractivity contribution in [1.29, 1.82) is 0 Å². The lowest BCUT2D eigenvalue weighted by Gasteiger charge is -1.94. The van der Waals surface area contributed by atoms with Gasteiger partial charge in [-0.2, -0.15) is 0 Å². The summed E-state index contributed by atoms with van der Waals surface area (Å²) in [5.74, 6) is -0.229. The van der Waals surface area contributed by atoms with Crippen LogP contribution in [0, 0.1) is 5.82 Å². The third-order valence-electron chi connectivity index (χ3n) is 2.50. The summed E-state index contributed by atoms with van der Waals surface area (Å²) in [5, 5.41) is 0. The molecule has 0 spiro atoms. The van der Waals surface area contributed by atoms with Crippen molar-refractivity contribution in [2.24, 2.45) is 0 Å². The number of pyridine rings is 1. The highest BCUT2D eigenvalue weighted by Gasteiger charge is 2.03. The summed E-state index contributed by atoms with van der Waals surface area (Å²) in [5.41, 5.74) is 2.66. The predicted octanol–water partition coefficient (Wildman–Crippen LogP) is 3.72. The number of imidazole rings is 1. The number of benzene rings is 1. The Morgan fingerprint density at radius 1 is 1.00 bits per heavy atom. The lowest BCUT2D eigenvalue weighted by atomic mass is 10.2. The number of rotatable bonds is 1. The fourth-order valence-electron chi connectivity index (χ4n) is 1.69. The van der Waals surface area contributed by atoms with E-state index in [2.05, 4.69) is 4.98 Å². The standard InChI is InChI=1S/C13H9FN2.BrH/c14-11-6-4-10(5-7-11)12-9-16-8-2-1-3-13(16)15-12;/h1-9H;1H. The van der Waals surface area contributed by atoms with Crippen LogP contribution in [0.5, 0.6) is 0 Å². The van der Waals surface area contributed by atoms with Gasteiger partial charge in [-0.15, -0.1) is 17.0 Å². The average molecular weight is 293 g/mol. The van der Waals surface area contributed by atoms with Crippen molar-refractivity contribution in [1.82, 2.24) is 9.38 Å². The molecular weight excluding hydrogens is 283 g/mol. The number of fused-ring (bicyclic) bond motifs is 1. The van der Waals surface area contributed by atoms with E-state index in [1.807, 2.05) is 35.0 Å². The minimum absolute atomic E-state index is 0. The first-order chi connectivity index (χ1) is 7.83. The lowest BCUT2D eigenvalue weighted by Crippen LogP contribution is -1.77. The normalized spacial score (nSPS) is 10.2. The van der Waals surface area contributed by atoms with Crippen LogP contribution in [-0.4, -0.2) is 9.38 Å². The van der Waals surface area contributed by atoms with Crippen LogP contribution in [0.25, 0.3) is 16.9 Å². The molecule has 2 aromatic heterocycles. The van der Waals surface area contributed by atoms with E-state index in [1.165, 1.54) is 12.1 Å². The zero-order valence-electron chi connectivity index (χ0n) is 8.88. The highest BCUT2D eigenvalue weighted by atomic mass is 79.9. The molecule has 2 nitrogen and oxygen atoms in total. The van der Waals surface area contributed by atoms with Gasteiger partial charge in [0.15, 0.2) is 0 Å². The van der Waals surface area contributed by atoms with Gasteiger partial charge < -0.3 is 4.40 Å². The number of aromatic nitrogens is 2. The molecule has 0 aliphatic carbocycles. The number of hydrogen-bond acceptors (Lipinski definition) is 1. The maximum Gasteiger partial charge on any atom is 0.137 e. The largest absolute Gasteiger partial charge is 0.306 e. The Bertz CT molecular complexity index is 598. The molecule has 3 rings (SSSR count). The highest BCUT2D eigenvalue weighted by Crippen LogP contribution is 2.19. The quantitative estimate of drug-likeness (QED) is 0.668. The second kappa shape index (κ2) is 4.67. The Balaban J connectivity index is 0.00000108. The number of hydrogen-bond donors (Lipinski definition) is 0. The van der Waals surface area contributed by atoms with Gasteiger partial charge in [-0.25, -0.2) is 9.37 Å². The van der Waals surface area contributed by atoms with Gasteiger partial charge in [0.25, 0.3) is 0 Å². The van der Waals surface area contributed by atoms with Crippen LogP contribution in [0.15, 0.2) is 54.9 Å². The molecule has 17 heavy (non-hydrogen) atoms. The van der Waals surface area contributed by atoms with E-state index in [9.17, 15) is 4.39 Å². The molecule has 4 heteroatoms. The van der Waals surface area contributed by atoms with Crippen molar-refractivity contribution in [3.63, 3.8) is 0 Å². The maximum atomic E-state index is 12.8. The Morgan fingerprint density at radius 3 is 2.47 bits per heavy atom. The molecule has 0 unspecified atom stereocenters. The minimum atomic E-state index is -0.229. The van der Waals surface area contributed by atoms with Crippen LogP contribution in [0.1, 0.15) is 0 Å². The number of halogens is 2. The third-order valence-corrected chi connectivity index (χ3v) is 2.50. The molecule has 0 saturated heterocycles. The highest BCUT2D eigenvalue weighted by molar-refractivity contribution is 8.93. The van der Waals surface area contributed by atoms with E-state index in [-0.39, 0.29) is 22.8 Å². The predicted molar refractivity (Wildman–Crippen MR) is 70.9 cm³/mol. The summed E-state index contributed by atoms with van der Waals surface area (Å²) < 4.78 is 14.7. The Morgan fingerprint density at radius 2 is 1.76 bits per heavy atom. The van der Waals surface area contributed by atoms with E-state index >= 15 is 0 Å². The van der Waals surface area contributed by atoms with Crippen LogP contribution >= 0.6 is 17.0 Å². The molecule has 0 fully saturated rings. The Kier molecular flexibility index (Phi) is 3.24. The summed E-state index contributed by atoms with van der Waals surface area (Å²) >= 11 is 0. The van der Waals surface area contributed by atoms with Gasteiger partial charge in [0.1, 0.15) is 11.5 Å². The van der Waals surface area contributed by atoms with Gasteiger partial charge in [-0.05, 0) is 36.4 Å². The van der Waals surface area contributed by atoms with Gasteiger partial charge in [-0.1, -0.05) is 6.07 Å². The van der Waals surface area contributed by atoms with Crippen LogP contribution in [0.4, 0.5) is 4.39 Å². The summed E-state index contributed by atoms with van der Waals surface area (Å²) in [7, 11) is 0.